The third-order valence-corrected chi connectivity index (χ3v) is 7.07. The topological polar surface area (TPSA) is 104 Å². The SMILES string of the molecule is O=C1CCc2cc(S(=O)(=O)N[C@H](Cc3ccccc3)C(=O)Nc3ccc(Cl)cc3F)ccc2N1. The average Bonchev–Trinajstić information content (AvgIpc) is 2.80. The van der Waals surface area contributed by atoms with E-state index in [4.69, 9.17) is 11.6 Å². The van der Waals surface area contributed by atoms with Crippen molar-refractivity contribution < 1.29 is 22.4 Å². The lowest BCUT2D eigenvalue weighted by Crippen LogP contribution is -2.45. The van der Waals surface area contributed by atoms with Crippen LogP contribution in [0.5, 0.6) is 0 Å². The van der Waals surface area contributed by atoms with Crippen LogP contribution < -0.4 is 15.4 Å². The highest BCUT2D eigenvalue weighted by Crippen LogP contribution is 2.26. The van der Waals surface area contributed by atoms with Gasteiger partial charge in [0.25, 0.3) is 0 Å². The third-order valence-electron chi connectivity index (χ3n) is 5.37. The number of rotatable bonds is 7. The molecule has 10 heteroatoms. The van der Waals surface area contributed by atoms with Gasteiger partial charge >= 0.3 is 0 Å². The van der Waals surface area contributed by atoms with E-state index < -0.39 is 27.8 Å². The van der Waals surface area contributed by atoms with Crippen LogP contribution in [0.4, 0.5) is 15.8 Å². The molecule has 3 aromatic rings. The minimum absolute atomic E-state index is 0.0362. The fraction of sp³-hybridized carbons (Fsp3) is 0.167. The molecule has 2 amide bonds. The van der Waals surface area contributed by atoms with Crippen molar-refractivity contribution in [1.29, 1.82) is 0 Å². The van der Waals surface area contributed by atoms with Crippen molar-refractivity contribution in [1.82, 2.24) is 4.72 Å². The number of amides is 2. The number of hydrogen-bond acceptors (Lipinski definition) is 4. The maximum Gasteiger partial charge on any atom is 0.242 e. The van der Waals surface area contributed by atoms with Gasteiger partial charge in [0.2, 0.25) is 21.8 Å². The van der Waals surface area contributed by atoms with Gasteiger partial charge in [0, 0.05) is 17.1 Å². The molecule has 1 aliphatic heterocycles. The molecule has 34 heavy (non-hydrogen) atoms. The number of anilines is 2. The molecule has 1 aliphatic rings. The Kier molecular flexibility index (Phi) is 6.97. The molecular formula is C24H21ClFN3O4S. The second-order valence-electron chi connectivity index (χ2n) is 7.84. The van der Waals surface area contributed by atoms with Crippen molar-refractivity contribution >= 4 is 44.8 Å². The van der Waals surface area contributed by atoms with Crippen LogP contribution >= 0.6 is 11.6 Å². The second-order valence-corrected chi connectivity index (χ2v) is 9.99. The smallest absolute Gasteiger partial charge is 0.242 e. The fourth-order valence-corrected chi connectivity index (χ4v) is 5.04. The van der Waals surface area contributed by atoms with E-state index in [0.717, 1.165) is 11.6 Å². The second kappa shape index (κ2) is 9.92. The van der Waals surface area contributed by atoms with Crippen molar-refractivity contribution in [3.8, 4) is 0 Å². The largest absolute Gasteiger partial charge is 0.326 e. The Morgan fingerprint density at radius 2 is 1.82 bits per heavy atom. The maximum atomic E-state index is 14.2. The third kappa shape index (κ3) is 5.61. The van der Waals surface area contributed by atoms with E-state index in [1.165, 1.54) is 30.3 Å². The lowest BCUT2D eigenvalue weighted by Gasteiger charge is -2.21. The number of benzene rings is 3. The van der Waals surface area contributed by atoms with E-state index in [1.807, 2.05) is 0 Å². The molecule has 1 atom stereocenters. The summed E-state index contributed by atoms with van der Waals surface area (Å²) < 4.78 is 43.0. The lowest BCUT2D eigenvalue weighted by molar-refractivity contribution is -0.118. The van der Waals surface area contributed by atoms with Gasteiger partial charge in [0.15, 0.2) is 0 Å². The number of carbonyl (C=O) groups excluding carboxylic acids is 2. The normalized spacial score (nSPS) is 14.1. The fourth-order valence-electron chi connectivity index (χ4n) is 3.63. The van der Waals surface area contributed by atoms with Gasteiger partial charge < -0.3 is 10.6 Å². The molecule has 0 spiro atoms. The minimum atomic E-state index is -4.12. The average molecular weight is 502 g/mol. The van der Waals surface area contributed by atoms with Gasteiger partial charge in [-0.2, -0.15) is 4.72 Å². The van der Waals surface area contributed by atoms with Crippen LogP contribution in [-0.2, 0) is 32.5 Å². The molecule has 0 bridgehead atoms. The molecule has 0 aliphatic carbocycles. The Hall–Kier alpha value is -3.27. The Bertz CT molecular complexity index is 1350. The van der Waals surface area contributed by atoms with Crippen molar-refractivity contribution in [3.63, 3.8) is 0 Å². The standard InChI is InChI=1S/C24H21ClFN3O4S/c25-17-7-9-21(19(26)14-17)28-24(31)22(12-15-4-2-1-3-5-15)29-34(32,33)18-8-10-20-16(13-18)6-11-23(30)27-20/h1-5,7-10,13-14,22,29H,6,11-12H2,(H,27,30)(H,28,31)/t22-/m1/s1. The summed E-state index contributed by atoms with van der Waals surface area (Å²) in [6.45, 7) is 0. The van der Waals surface area contributed by atoms with E-state index >= 15 is 0 Å². The zero-order valence-electron chi connectivity index (χ0n) is 17.8. The number of fused-ring (bicyclic) bond motifs is 1. The predicted molar refractivity (Wildman–Crippen MR) is 128 cm³/mol. The molecule has 1 heterocycles. The van der Waals surface area contributed by atoms with E-state index in [2.05, 4.69) is 15.4 Å². The van der Waals surface area contributed by atoms with E-state index in [9.17, 15) is 22.4 Å². The number of hydrogen-bond donors (Lipinski definition) is 3. The number of aryl methyl sites for hydroxylation is 1. The first-order valence-corrected chi connectivity index (χ1v) is 12.3. The molecule has 0 fully saturated rings. The number of sulfonamides is 1. The van der Waals surface area contributed by atoms with Gasteiger partial charge in [0.1, 0.15) is 11.9 Å². The Morgan fingerprint density at radius 1 is 1.06 bits per heavy atom. The van der Waals surface area contributed by atoms with Crippen LogP contribution in [0.1, 0.15) is 17.5 Å². The summed E-state index contributed by atoms with van der Waals surface area (Å²) in [5.74, 6) is -1.59. The van der Waals surface area contributed by atoms with Crippen LogP contribution in [0.25, 0.3) is 0 Å². The minimum Gasteiger partial charge on any atom is -0.326 e. The molecule has 0 radical (unpaired) electrons. The molecule has 4 rings (SSSR count). The van der Waals surface area contributed by atoms with E-state index in [1.54, 1.807) is 30.3 Å². The summed E-state index contributed by atoms with van der Waals surface area (Å²) in [6.07, 6.45) is 0.714. The highest BCUT2D eigenvalue weighted by molar-refractivity contribution is 7.89. The van der Waals surface area contributed by atoms with Crippen molar-refractivity contribution in [2.45, 2.75) is 30.2 Å². The van der Waals surface area contributed by atoms with Crippen LogP contribution in [0.15, 0.2) is 71.6 Å². The molecular weight excluding hydrogens is 481 g/mol. The first-order valence-electron chi connectivity index (χ1n) is 10.5. The summed E-state index contributed by atoms with van der Waals surface area (Å²) >= 11 is 5.77. The summed E-state index contributed by atoms with van der Waals surface area (Å²) in [6, 6.07) is 15.8. The van der Waals surface area contributed by atoms with Gasteiger partial charge in [-0.1, -0.05) is 41.9 Å². The van der Waals surface area contributed by atoms with Crippen LogP contribution in [0.2, 0.25) is 5.02 Å². The quantitative estimate of drug-likeness (QED) is 0.457. The number of nitrogens with one attached hydrogen (secondary N) is 3. The van der Waals surface area contributed by atoms with Crippen molar-refractivity contribution in [3.05, 3.63) is 88.7 Å². The van der Waals surface area contributed by atoms with Gasteiger partial charge in [-0.3, -0.25) is 9.59 Å². The predicted octanol–water partition coefficient (Wildman–Crippen LogP) is 3.89. The maximum absolute atomic E-state index is 14.2. The van der Waals surface area contributed by atoms with Crippen LogP contribution in [-0.4, -0.2) is 26.3 Å². The Morgan fingerprint density at radius 3 is 2.56 bits per heavy atom. The molecule has 176 valence electrons. The Labute approximate surface area is 201 Å². The molecule has 0 aromatic heterocycles. The first-order chi connectivity index (χ1) is 16.2. The van der Waals surface area contributed by atoms with Crippen molar-refractivity contribution in [2.24, 2.45) is 0 Å². The molecule has 7 nitrogen and oxygen atoms in total. The molecule has 0 saturated heterocycles. The zero-order chi connectivity index (χ0) is 24.3. The molecule has 0 unspecified atom stereocenters. The van der Waals surface area contributed by atoms with Gasteiger partial charge in [-0.15, -0.1) is 0 Å². The van der Waals surface area contributed by atoms with E-state index in [0.29, 0.717) is 17.7 Å². The van der Waals surface area contributed by atoms with Crippen LogP contribution in [0, 0.1) is 5.82 Å². The van der Waals surface area contributed by atoms with E-state index in [-0.39, 0.29) is 34.4 Å². The zero-order valence-corrected chi connectivity index (χ0v) is 19.4. The van der Waals surface area contributed by atoms with Crippen molar-refractivity contribution in [2.75, 3.05) is 10.6 Å². The van der Waals surface area contributed by atoms with Gasteiger partial charge in [-0.25, -0.2) is 12.8 Å². The number of carbonyl (C=O) groups is 2. The molecule has 3 N–H and O–H groups in total. The lowest BCUT2D eigenvalue weighted by atomic mass is 10.0. The molecule has 0 saturated carbocycles. The Balaban J connectivity index is 1.60. The summed E-state index contributed by atoms with van der Waals surface area (Å²) in [4.78, 5) is 24.6. The van der Waals surface area contributed by atoms with Gasteiger partial charge in [0.05, 0.1) is 10.6 Å². The monoisotopic (exact) mass is 501 g/mol. The number of halogens is 2. The van der Waals surface area contributed by atoms with Crippen LogP contribution in [0.3, 0.4) is 0 Å². The highest BCUT2D eigenvalue weighted by Gasteiger charge is 2.28. The first kappa shape index (κ1) is 23.9. The summed E-state index contributed by atoms with van der Waals surface area (Å²) in [5, 5.41) is 5.31. The highest BCUT2D eigenvalue weighted by atomic mass is 35.5. The summed E-state index contributed by atoms with van der Waals surface area (Å²) in [5.41, 5.74) is 1.85. The molecule has 3 aromatic carbocycles. The van der Waals surface area contributed by atoms with Gasteiger partial charge in [-0.05, 0) is 60.4 Å². The summed E-state index contributed by atoms with van der Waals surface area (Å²) in [7, 11) is -4.12.